The standard InChI is InChI=1S/C66H44N2/c1-3-13-45(14-4-1)46-25-29-49(30-26-46)51-15-11-17-53(41-51)54-18-12-16-52(42-54)50-31-27-47(28-32-50)48-33-37-58(38-34-48)68-64-24-10-8-22-60(64)62-44-56(36-40-66(62)68)55-35-39-65-61(43-55)59-21-7-9-23-63(59)67(65)57-19-5-2-6-20-57/h1-44H. The van der Waals surface area contributed by atoms with E-state index in [-0.39, 0.29) is 0 Å². The highest BCUT2D eigenvalue weighted by molar-refractivity contribution is 6.12. The highest BCUT2D eigenvalue weighted by atomic mass is 15.0. The maximum atomic E-state index is 2.41. The van der Waals surface area contributed by atoms with Gasteiger partial charge < -0.3 is 9.13 Å². The summed E-state index contributed by atoms with van der Waals surface area (Å²) >= 11 is 0. The Kier molecular flexibility index (Phi) is 9.54. The summed E-state index contributed by atoms with van der Waals surface area (Å²) in [7, 11) is 0. The van der Waals surface area contributed by atoms with Gasteiger partial charge in [0.25, 0.3) is 0 Å². The van der Waals surface area contributed by atoms with Gasteiger partial charge in [0.05, 0.1) is 22.1 Å². The second-order valence-electron chi connectivity index (χ2n) is 17.7. The van der Waals surface area contributed by atoms with Crippen LogP contribution in [0, 0.1) is 0 Å². The first-order valence-electron chi connectivity index (χ1n) is 23.4. The Morgan fingerprint density at radius 3 is 0.897 bits per heavy atom. The Morgan fingerprint density at radius 2 is 0.441 bits per heavy atom. The molecule has 2 aromatic heterocycles. The van der Waals surface area contributed by atoms with Crippen LogP contribution >= 0.6 is 0 Å². The maximum Gasteiger partial charge on any atom is 0.0541 e. The van der Waals surface area contributed by atoms with Crippen molar-refractivity contribution < 1.29 is 0 Å². The molecular weight excluding hydrogens is 821 g/mol. The molecule has 11 aromatic carbocycles. The Hall–Kier alpha value is -8.98. The van der Waals surface area contributed by atoms with E-state index in [2.05, 4.69) is 276 Å². The number of benzene rings is 11. The van der Waals surface area contributed by atoms with Crippen molar-refractivity contribution in [2.24, 2.45) is 0 Å². The minimum absolute atomic E-state index is 1.14. The van der Waals surface area contributed by atoms with Crippen molar-refractivity contribution in [3.05, 3.63) is 267 Å². The van der Waals surface area contributed by atoms with Crippen LogP contribution in [0.5, 0.6) is 0 Å². The van der Waals surface area contributed by atoms with E-state index in [0.717, 1.165) is 5.69 Å². The fraction of sp³-hybridized carbons (Fsp3) is 0. The number of rotatable bonds is 8. The Labute approximate surface area is 395 Å². The quantitative estimate of drug-likeness (QED) is 0.144. The van der Waals surface area contributed by atoms with Gasteiger partial charge in [-0.2, -0.15) is 0 Å². The van der Waals surface area contributed by atoms with E-state index in [1.165, 1.54) is 116 Å². The van der Waals surface area contributed by atoms with Crippen molar-refractivity contribution in [1.82, 2.24) is 9.13 Å². The maximum absolute atomic E-state index is 2.41. The van der Waals surface area contributed by atoms with Crippen LogP contribution in [0.15, 0.2) is 267 Å². The van der Waals surface area contributed by atoms with Crippen LogP contribution in [0.3, 0.4) is 0 Å². The number of hydrogen-bond donors (Lipinski definition) is 0. The molecule has 2 nitrogen and oxygen atoms in total. The molecule has 2 heterocycles. The molecule has 0 atom stereocenters. The van der Waals surface area contributed by atoms with Gasteiger partial charge in [-0.1, -0.05) is 194 Å². The largest absolute Gasteiger partial charge is 0.309 e. The van der Waals surface area contributed by atoms with Crippen molar-refractivity contribution in [2.45, 2.75) is 0 Å². The van der Waals surface area contributed by atoms with E-state index < -0.39 is 0 Å². The fourth-order valence-corrected chi connectivity index (χ4v) is 10.3. The van der Waals surface area contributed by atoms with Gasteiger partial charge in [0, 0.05) is 32.9 Å². The van der Waals surface area contributed by atoms with Crippen LogP contribution in [0.1, 0.15) is 0 Å². The molecule has 13 aromatic rings. The number of aromatic nitrogens is 2. The lowest BCUT2D eigenvalue weighted by Crippen LogP contribution is -1.94. The molecule has 0 aliphatic rings. The number of hydrogen-bond acceptors (Lipinski definition) is 0. The number of fused-ring (bicyclic) bond motifs is 6. The molecule has 0 saturated carbocycles. The van der Waals surface area contributed by atoms with E-state index in [0.29, 0.717) is 0 Å². The molecule has 68 heavy (non-hydrogen) atoms. The molecule has 0 aliphatic heterocycles. The second-order valence-corrected chi connectivity index (χ2v) is 17.7. The van der Waals surface area contributed by atoms with Crippen LogP contribution in [0.25, 0.3) is 122 Å². The predicted octanol–water partition coefficient (Wildman–Crippen LogP) is 17.9. The highest BCUT2D eigenvalue weighted by Crippen LogP contribution is 2.39. The van der Waals surface area contributed by atoms with Crippen LogP contribution in [-0.2, 0) is 0 Å². The molecule has 0 aliphatic carbocycles. The third-order valence-electron chi connectivity index (χ3n) is 13.8. The molecule has 318 valence electrons. The first-order chi connectivity index (χ1) is 33.7. The normalized spacial score (nSPS) is 11.5. The summed E-state index contributed by atoms with van der Waals surface area (Å²) in [6.45, 7) is 0. The van der Waals surface area contributed by atoms with Crippen LogP contribution < -0.4 is 0 Å². The molecule has 0 fully saturated rings. The predicted molar refractivity (Wildman–Crippen MR) is 288 cm³/mol. The summed E-state index contributed by atoms with van der Waals surface area (Å²) < 4.78 is 4.78. The summed E-state index contributed by atoms with van der Waals surface area (Å²) in [5, 5.41) is 5.01. The zero-order valence-electron chi connectivity index (χ0n) is 37.3. The summed E-state index contributed by atoms with van der Waals surface area (Å²) in [6.07, 6.45) is 0. The Balaban J connectivity index is 0.774. The third kappa shape index (κ3) is 6.90. The smallest absolute Gasteiger partial charge is 0.0541 e. The summed E-state index contributed by atoms with van der Waals surface area (Å²) in [4.78, 5) is 0. The molecular formula is C66H44N2. The molecule has 2 heteroatoms. The average Bonchev–Trinajstić information content (AvgIpc) is 3.94. The van der Waals surface area contributed by atoms with Crippen molar-refractivity contribution in [2.75, 3.05) is 0 Å². The van der Waals surface area contributed by atoms with Crippen molar-refractivity contribution in [3.63, 3.8) is 0 Å². The summed E-state index contributed by atoms with van der Waals surface area (Å²) in [5.41, 5.74) is 21.6. The fourth-order valence-electron chi connectivity index (χ4n) is 10.3. The second kappa shape index (κ2) is 16.5. The zero-order valence-corrected chi connectivity index (χ0v) is 37.3. The molecule has 0 radical (unpaired) electrons. The topological polar surface area (TPSA) is 9.86 Å². The monoisotopic (exact) mass is 864 g/mol. The van der Waals surface area contributed by atoms with Gasteiger partial charge in [-0.3, -0.25) is 0 Å². The first kappa shape index (κ1) is 39.4. The lowest BCUT2D eigenvalue weighted by Gasteiger charge is -2.11. The minimum atomic E-state index is 1.14. The van der Waals surface area contributed by atoms with Gasteiger partial charge in [0.1, 0.15) is 0 Å². The van der Waals surface area contributed by atoms with Gasteiger partial charge in [-0.15, -0.1) is 0 Å². The minimum Gasteiger partial charge on any atom is -0.309 e. The molecule has 0 unspecified atom stereocenters. The van der Waals surface area contributed by atoms with E-state index in [9.17, 15) is 0 Å². The van der Waals surface area contributed by atoms with Crippen molar-refractivity contribution in [1.29, 1.82) is 0 Å². The van der Waals surface area contributed by atoms with E-state index in [1.54, 1.807) is 0 Å². The first-order valence-corrected chi connectivity index (χ1v) is 23.4. The summed E-state index contributed by atoms with van der Waals surface area (Å²) in [6, 6.07) is 97.2. The van der Waals surface area contributed by atoms with Crippen LogP contribution in [0.4, 0.5) is 0 Å². The highest BCUT2D eigenvalue weighted by Gasteiger charge is 2.16. The number of nitrogens with zero attached hydrogens (tertiary/aromatic N) is 2. The van der Waals surface area contributed by atoms with E-state index in [1.807, 2.05) is 0 Å². The van der Waals surface area contributed by atoms with Gasteiger partial charge in [0.15, 0.2) is 0 Å². The molecule has 0 saturated heterocycles. The van der Waals surface area contributed by atoms with Crippen molar-refractivity contribution >= 4 is 43.6 Å². The molecule has 0 amide bonds. The Bertz CT molecular complexity index is 3970. The Morgan fingerprint density at radius 1 is 0.162 bits per heavy atom. The van der Waals surface area contributed by atoms with Gasteiger partial charge in [-0.05, 0) is 140 Å². The van der Waals surface area contributed by atoms with E-state index >= 15 is 0 Å². The van der Waals surface area contributed by atoms with Crippen LogP contribution in [-0.4, -0.2) is 9.13 Å². The zero-order chi connectivity index (χ0) is 45.0. The average molecular weight is 865 g/mol. The van der Waals surface area contributed by atoms with E-state index in [4.69, 9.17) is 0 Å². The lowest BCUT2D eigenvalue weighted by atomic mass is 9.95. The van der Waals surface area contributed by atoms with Gasteiger partial charge in [0.2, 0.25) is 0 Å². The summed E-state index contributed by atoms with van der Waals surface area (Å²) in [5.74, 6) is 0. The van der Waals surface area contributed by atoms with Crippen molar-refractivity contribution in [3.8, 4) is 78.1 Å². The van der Waals surface area contributed by atoms with Gasteiger partial charge in [-0.25, -0.2) is 0 Å². The number of para-hydroxylation sites is 3. The van der Waals surface area contributed by atoms with Gasteiger partial charge >= 0.3 is 0 Å². The lowest BCUT2D eigenvalue weighted by molar-refractivity contribution is 1.18. The molecule has 0 N–H and O–H groups in total. The molecule has 0 spiro atoms. The molecule has 0 bridgehead atoms. The van der Waals surface area contributed by atoms with Crippen LogP contribution in [0.2, 0.25) is 0 Å². The SMILES string of the molecule is c1ccc(-c2ccc(-c3cccc(-c4cccc(-c5ccc(-c6ccc(-n7c8ccccc8c8cc(-c9ccc%10c(c9)c9ccccc9n%10-c9ccccc9)ccc87)cc6)cc5)c4)c3)cc2)cc1. The third-order valence-corrected chi connectivity index (χ3v) is 13.8. The molecule has 13 rings (SSSR count).